The second kappa shape index (κ2) is 3.60. The van der Waals surface area contributed by atoms with Crippen molar-refractivity contribution in [2.24, 2.45) is 0 Å². The van der Waals surface area contributed by atoms with E-state index in [-0.39, 0.29) is 0 Å². The van der Waals surface area contributed by atoms with Crippen LogP contribution in [0.25, 0.3) is 4.85 Å². The van der Waals surface area contributed by atoms with E-state index in [1.807, 2.05) is 11.4 Å². The Labute approximate surface area is 69.1 Å². The van der Waals surface area contributed by atoms with Crippen molar-refractivity contribution in [2.75, 3.05) is 6.54 Å². The van der Waals surface area contributed by atoms with Crippen LogP contribution in [0.2, 0.25) is 5.02 Å². The molecule has 0 spiro atoms. The highest BCUT2D eigenvalue weighted by atomic mass is 35.5. The van der Waals surface area contributed by atoms with Gasteiger partial charge in [-0.3, -0.25) is 0 Å². The lowest BCUT2D eigenvalue weighted by molar-refractivity contribution is 1.11. The van der Waals surface area contributed by atoms with Gasteiger partial charge < -0.3 is 4.85 Å². The molecule has 0 amide bonds. The van der Waals surface area contributed by atoms with Crippen molar-refractivity contribution >= 4 is 22.9 Å². The number of halogens is 1. The molecule has 0 aromatic carbocycles. The van der Waals surface area contributed by atoms with Gasteiger partial charge in [0.25, 0.3) is 0 Å². The Bertz CT molecular complexity index is 248. The SMILES string of the molecule is [C-]#[N+]CCc1sccc1Cl. The third-order valence-electron chi connectivity index (χ3n) is 1.14. The minimum Gasteiger partial charge on any atom is -0.317 e. The molecule has 0 aliphatic rings. The smallest absolute Gasteiger partial charge is 0.219 e. The van der Waals surface area contributed by atoms with E-state index in [4.69, 9.17) is 18.2 Å². The molecule has 10 heavy (non-hydrogen) atoms. The van der Waals surface area contributed by atoms with Gasteiger partial charge in [0.1, 0.15) is 0 Å². The van der Waals surface area contributed by atoms with E-state index in [0.717, 1.165) is 16.3 Å². The zero-order chi connectivity index (χ0) is 7.40. The summed E-state index contributed by atoms with van der Waals surface area (Å²) in [6, 6.07) is 1.87. The second-order valence-corrected chi connectivity index (χ2v) is 3.23. The van der Waals surface area contributed by atoms with Crippen LogP contribution in [-0.4, -0.2) is 6.54 Å². The average molecular weight is 172 g/mol. The van der Waals surface area contributed by atoms with Gasteiger partial charge in [-0.15, -0.1) is 11.3 Å². The summed E-state index contributed by atoms with van der Waals surface area (Å²) in [6.07, 6.45) is 0.792. The summed E-state index contributed by atoms with van der Waals surface area (Å²) in [5, 5.41) is 2.75. The summed E-state index contributed by atoms with van der Waals surface area (Å²) in [6.45, 7) is 7.10. The Kier molecular flexibility index (Phi) is 2.73. The van der Waals surface area contributed by atoms with Gasteiger partial charge in [0, 0.05) is 4.88 Å². The van der Waals surface area contributed by atoms with Gasteiger partial charge in [0.05, 0.1) is 11.4 Å². The standard InChI is InChI=1S/C7H6ClNS/c1-9-4-2-7-6(8)3-5-10-7/h3,5H,2,4H2. The molecule has 1 nitrogen and oxygen atoms in total. The molecule has 0 unspecified atom stereocenters. The zero-order valence-electron chi connectivity index (χ0n) is 5.30. The summed E-state index contributed by atoms with van der Waals surface area (Å²) < 4.78 is 0. The van der Waals surface area contributed by atoms with Crippen LogP contribution in [0, 0.1) is 6.57 Å². The Balaban J connectivity index is 2.59. The molecule has 0 radical (unpaired) electrons. The van der Waals surface area contributed by atoms with E-state index in [2.05, 4.69) is 4.85 Å². The van der Waals surface area contributed by atoms with E-state index in [1.165, 1.54) is 0 Å². The van der Waals surface area contributed by atoms with Crippen molar-refractivity contribution in [1.29, 1.82) is 0 Å². The maximum Gasteiger partial charge on any atom is 0.219 e. The van der Waals surface area contributed by atoms with Crippen LogP contribution in [0.3, 0.4) is 0 Å². The van der Waals surface area contributed by atoms with Crippen LogP contribution >= 0.6 is 22.9 Å². The molecule has 0 saturated carbocycles. The topological polar surface area (TPSA) is 4.36 Å². The van der Waals surface area contributed by atoms with Gasteiger partial charge in [-0.2, -0.15) is 0 Å². The second-order valence-electron chi connectivity index (χ2n) is 1.82. The lowest BCUT2D eigenvalue weighted by atomic mass is 10.3. The lowest BCUT2D eigenvalue weighted by Gasteiger charge is -1.87. The molecule has 0 aliphatic heterocycles. The number of hydrogen-bond acceptors (Lipinski definition) is 1. The molecule has 0 saturated heterocycles. The molecule has 0 fully saturated rings. The summed E-state index contributed by atoms with van der Waals surface area (Å²) in [5.74, 6) is 0. The maximum atomic E-state index is 6.56. The zero-order valence-corrected chi connectivity index (χ0v) is 6.87. The molecule has 0 aliphatic carbocycles. The summed E-state index contributed by atoms with van der Waals surface area (Å²) >= 11 is 7.40. The quantitative estimate of drug-likeness (QED) is 0.603. The first-order valence-corrected chi connectivity index (χ1v) is 4.15. The molecular weight excluding hydrogens is 166 g/mol. The van der Waals surface area contributed by atoms with Crippen LogP contribution in [-0.2, 0) is 6.42 Å². The van der Waals surface area contributed by atoms with Crippen molar-refractivity contribution in [1.82, 2.24) is 0 Å². The number of rotatable bonds is 2. The van der Waals surface area contributed by atoms with Crippen LogP contribution in [0.5, 0.6) is 0 Å². The molecule has 0 bridgehead atoms. The highest BCUT2D eigenvalue weighted by Gasteiger charge is 2.01. The normalized spacial score (nSPS) is 9.20. The van der Waals surface area contributed by atoms with Gasteiger partial charge in [-0.1, -0.05) is 11.6 Å². The van der Waals surface area contributed by atoms with E-state index in [1.54, 1.807) is 11.3 Å². The third-order valence-corrected chi connectivity index (χ3v) is 2.59. The van der Waals surface area contributed by atoms with Crippen molar-refractivity contribution in [3.8, 4) is 0 Å². The fraction of sp³-hybridized carbons (Fsp3) is 0.286. The minimum atomic E-state index is 0.542. The molecule has 1 aromatic heterocycles. The first-order valence-electron chi connectivity index (χ1n) is 2.89. The Morgan fingerprint density at radius 2 is 2.50 bits per heavy atom. The van der Waals surface area contributed by atoms with Crippen LogP contribution in [0.15, 0.2) is 11.4 Å². The van der Waals surface area contributed by atoms with E-state index < -0.39 is 0 Å². The number of nitrogens with zero attached hydrogens (tertiary/aromatic N) is 1. The Morgan fingerprint density at radius 3 is 3.00 bits per heavy atom. The molecular formula is C7H6ClNS. The Morgan fingerprint density at radius 1 is 1.70 bits per heavy atom. The monoisotopic (exact) mass is 171 g/mol. The summed E-state index contributed by atoms with van der Waals surface area (Å²) in [4.78, 5) is 4.37. The average Bonchev–Trinajstić information content (AvgIpc) is 2.31. The van der Waals surface area contributed by atoms with E-state index in [0.29, 0.717) is 6.54 Å². The predicted octanol–water partition coefficient (Wildman–Crippen LogP) is 2.86. The molecule has 1 heterocycles. The highest BCUT2D eigenvalue weighted by molar-refractivity contribution is 7.10. The van der Waals surface area contributed by atoms with Crippen molar-refractivity contribution in [2.45, 2.75) is 6.42 Å². The molecule has 1 aromatic rings. The van der Waals surface area contributed by atoms with E-state index >= 15 is 0 Å². The number of thiophene rings is 1. The highest BCUT2D eigenvalue weighted by Crippen LogP contribution is 2.22. The first-order chi connectivity index (χ1) is 4.84. The molecule has 1 rings (SSSR count). The molecule has 0 atom stereocenters. The summed E-state index contributed by atoms with van der Waals surface area (Å²) in [7, 11) is 0. The van der Waals surface area contributed by atoms with Gasteiger partial charge in [0.2, 0.25) is 6.54 Å². The minimum absolute atomic E-state index is 0.542. The molecule has 0 N–H and O–H groups in total. The van der Waals surface area contributed by atoms with Crippen LogP contribution < -0.4 is 0 Å². The van der Waals surface area contributed by atoms with Crippen LogP contribution in [0.1, 0.15) is 4.88 Å². The largest absolute Gasteiger partial charge is 0.317 e. The number of hydrogen-bond donors (Lipinski definition) is 0. The Hall–Kier alpha value is -0.520. The van der Waals surface area contributed by atoms with Gasteiger partial charge in [0.15, 0.2) is 0 Å². The lowest BCUT2D eigenvalue weighted by Crippen LogP contribution is -1.82. The fourth-order valence-electron chi connectivity index (χ4n) is 0.661. The van der Waals surface area contributed by atoms with Gasteiger partial charge in [-0.25, -0.2) is 6.57 Å². The first kappa shape index (κ1) is 7.59. The molecule has 52 valence electrons. The predicted molar refractivity (Wildman–Crippen MR) is 44.5 cm³/mol. The summed E-state index contributed by atoms with van der Waals surface area (Å²) in [5.41, 5.74) is 0. The van der Waals surface area contributed by atoms with Gasteiger partial charge in [-0.05, 0) is 11.4 Å². The third kappa shape index (κ3) is 1.73. The van der Waals surface area contributed by atoms with Gasteiger partial charge >= 0.3 is 0 Å². The van der Waals surface area contributed by atoms with E-state index in [9.17, 15) is 0 Å². The van der Waals surface area contributed by atoms with Crippen molar-refractivity contribution in [3.05, 3.63) is 32.8 Å². The van der Waals surface area contributed by atoms with Crippen LogP contribution in [0.4, 0.5) is 0 Å². The van der Waals surface area contributed by atoms with Crippen molar-refractivity contribution < 1.29 is 0 Å². The fourth-order valence-corrected chi connectivity index (χ4v) is 1.78. The molecule has 3 heteroatoms. The maximum absolute atomic E-state index is 6.56. The van der Waals surface area contributed by atoms with Crippen molar-refractivity contribution in [3.63, 3.8) is 0 Å².